The Hall–Kier alpha value is -0.470. The van der Waals surface area contributed by atoms with Gasteiger partial charge in [0.25, 0.3) is 0 Å². The molecule has 1 aromatic rings. The zero-order chi connectivity index (χ0) is 13.6. The number of aliphatic hydroxyl groups excluding tert-OH is 1. The number of hydrogen-bond acceptors (Lipinski definition) is 4. The monoisotopic (exact) mass is 337 g/mol. The Morgan fingerprint density at radius 2 is 2.00 bits per heavy atom. The highest BCUT2D eigenvalue weighted by Crippen LogP contribution is 2.12. The minimum absolute atomic E-state index is 0.0730. The molecule has 1 atom stereocenters. The third-order valence-corrected chi connectivity index (χ3v) is 4.34. The molecule has 0 saturated heterocycles. The van der Waals surface area contributed by atoms with Crippen molar-refractivity contribution in [3.05, 3.63) is 29.8 Å². The number of alkyl halides is 1. The average Bonchev–Trinajstić information content (AvgIpc) is 2.37. The molecule has 0 bridgehead atoms. The first-order valence-electron chi connectivity index (χ1n) is 5.31. The molecule has 0 aliphatic carbocycles. The second-order valence-electron chi connectivity index (χ2n) is 3.74. The number of nitrogens with one attached hydrogen (secondary N) is 1. The van der Waals surface area contributed by atoms with Gasteiger partial charge in [-0.2, -0.15) is 0 Å². The van der Waals surface area contributed by atoms with Gasteiger partial charge in [-0.25, -0.2) is 13.1 Å². The van der Waals surface area contributed by atoms with E-state index in [1.165, 1.54) is 19.2 Å². The van der Waals surface area contributed by atoms with E-state index < -0.39 is 16.1 Å². The first-order chi connectivity index (χ1) is 8.49. The van der Waals surface area contributed by atoms with Gasteiger partial charge < -0.3 is 9.84 Å². The maximum Gasteiger partial charge on any atom is 0.240 e. The summed E-state index contributed by atoms with van der Waals surface area (Å²) in [4.78, 5) is 0.178. The maximum absolute atomic E-state index is 11.9. The molecule has 0 saturated carbocycles. The van der Waals surface area contributed by atoms with E-state index in [9.17, 15) is 13.5 Å². The number of benzene rings is 1. The van der Waals surface area contributed by atoms with E-state index in [1.54, 1.807) is 12.1 Å². The van der Waals surface area contributed by atoms with Crippen LogP contribution in [-0.2, 0) is 20.1 Å². The molecule has 102 valence electrons. The molecule has 0 aliphatic rings. The molecule has 0 aliphatic heterocycles. The molecule has 1 rings (SSSR count). The van der Waals surface area contributed by atoms with Crippen LogP contribution in [0.15, 0.2) is 29.2 Å². The summed E-state index contributed by atoms with van der Waals surface area (Å²) >= 11 is 3.29. The van der Waals surface area contributed by atoms with Gasteiger partial charge in [0.05, 0.1) is 17.6 Å². The Labute approximate surface area is 115 Å². The molecule has 18 heavy (non-hydrogen) atoms. The average molecular weight is 338 g/mol. The van der Waals surface area contributed by atoms with Crippen LogP contribution in [0.4, 0.5) is 0 Å². The summed E-state index contributed by atoms with van der Waals surface area (Å²) in [6.07, 6.45) is -0.855. The first kappa shape index (κ1) is 15.6. The number of methoxy groups -OCH3 is 1. The number of hydrogen-bond donors (Lipinski definition) is 2. The minimum atomic E-state index is -3.58. The van der Waals surface area contributed by atoms with E-state index in [1.807, 2.05) is 0 Å². The lowest BCUT2D eigenvalue weighted by Gasteiger charge is -2.11. The topological polar surface area (TPSA) is 75.6 Å². The number of ether oxygens (including phenoxy) is 1. The molecule has 0 heterocycles. The highest BCUT2D eigenvalue weighted by Gasteiger charge is 2.15. The van der Waals surface area contributed by atoms with E-state index in [4.69, 9.17) is 4.74 Å². The van der Waals surface area contributed by atoms with Gasteiger partial charge in [0.15, 0.2) is 0 Å². The Morgan fingerprint density at radius 1 is 1.39 bits per heavy atom. The van der Waals surface area contributed by atoms with Crippen molar-refractivity contribution in [1.29, 1.82) is 0 Å². The van der Waals surface area contributed by atoms with Crippen LogP contribution >= 0.6 is 15.9 Å². The van der Waals surface area contributed by atoms with Crippen LogP contribution in [0.5, 0.6) is 0 Å². The quantitative estimate of drug-likeness (QED) is 0.724. The SMILES string of the molecule is COCC(O)CNS(=O)(=O)c1ccc(CBr)cc1. The van der Waals surface area contributed by atoms with Gasteiger partial charge in [0.1, 0.15) is 0 Å². The smallest absolute Gasteiger partial charge is 0.240 e. The normalized spacial score (nSPS) is 13.5. The van der Waals surface area contributed by atoms with Gasteiger partial charge >= 0.3 is 0 Å². The Kier molecular flexibility index (Phi) is 6.24. The van der Waals surface area contributed by atoms with Gasteiger partial charge in [-0.3, -0.25) is 0 Å². The van der Waals surface area contributed by atoms with Gasteiger partial charge in [-0.15, -0.1) is 0 Å². The second kappa shape index (κ2) is 7.20. The molecule has 0 amide bonds. The van der Waals surface area contributed by atoms with Crippen LogP contribution in [0.25, 0.3) is 0 Å². The Morgan fingerprint density at radius 3 is 2.50 bits per heavy atom. The lowest BCUT2D eigenvalue weighted by Crippen LogP contribution is -2.34. The lowest BCUT2D eigenvalue weighted by molar-refractivity contribution is 0.0679. The van der Waals surface area contributed by atoms with E-state index >= 15 is 0 Å². The van der Waals surface area contributed by atoms with Crippen LogP contribution in [0.1, 0.15) is 5.56 Å². The Bertz CT molecular complexity index is 460. The molecule has 7 heteroatoms. The number of rotatable bonds is 7. The molecule has 0 spiro atoms. The third-order valence-electron chi connectivity index (χ3n) is 2.26. The van der Waals surface area contributed by atoms with Crippen molar-refractivity contribution < 1.29 is 18.3 Å². The summed E-state index contributed by atoms with van der Waals surface area (Å²) < 4.78 is 30.8. The molecule has 1 unspecified atom stereocenters. The van der Waals surface area contributed by atoms with Gasteiger partial charge in [0, 0.05) is 19.0 Å². The molecular weight excluding hydrogens is 322 g/mol. The first-order valence-corrected chi connectivity index (χ1v) is 7.91. The van der Waals surface area contributed by atoms with Crippen molar-refractivity contribution in [2.75, 3.05) is 20.3 Å². The third kappa shape index (κ3) is 4.66. The number of halogens is 1. The van der Waals surface area contributed by atoms with Crippen LogP contribution in [0, 0.1) is 0 Å². The summed E-state index contributed by atoms with van der Waals surface area (Å²) in [7, 11) is -2.14. The summed E-state index contributed by atoms with van der Waals surface area (Å²) in [6, 6.07) is 6.52. The molecule has 0 radical (unpaired) electrons. The van der Waals surface area contributed by atoms with E-state index in [0.717, 1.165) is 5.56 Å². The summed E-state index contributed by atoms with van der Waals surface area (Å²) in [5, 5.41) is 10.1. The largest absolute Gasteiger partial charge is 0.389 e. The van der Waals surface area contributed by atoms with Crippen LogP contribution in [0.2, 0.25) is 0 Å². The highest BCUT2D eigenvalue weighted by atomic mass is 79.9. The molecular formula is C11H16BrNO4S. The lowest BCUT2D eigenvalue weighted by atomic mass is 10.2. The van der Waals surface area contributed by atoms with Crippen molar-refractivity contribution >= 4 is 26.0 Å². The van der Waals surface area contributed by atoms with E-state index in [0.29, 0.717) is 5.33 Å². The van der Waals surface area contributed by atoms with Crippen LogP contribution in [0.3, 0.4) is 0 Å². The zero-order valence-corrected chi connectivity index (χ0v) is 12.4. The Balaban J connectivity index is 2.67. The van der Waals surface area contributed by atoms with E-state index in [-0.39, 0.29) is 18.0 Å². The standard InChI is InChI=1S/C11H16BrNO4S/c1-17-8-10(14)7-13-18(15,16)11-4-2-9(6-12)3-5-11/h2-5,10,13-14H,6-8H2,1H3. The molecule has 2 N–H and O–H groups in total. The minimum Gasteiger partial charge on any atom is -0.389 e. The highest BCUT2D eigenvalue weighted by molar-refractivity contribution is 9.08. The summed E-state index contributed by atoms with van der Waals surface area (Å²) in [5.41, 5.74) is 0.994. The van der Waals surface area contributed by atoms with Crippen LogP contribution < -0.4 is 4.72 Å². The number of sulfonamides is 1. The van der Waals surface area contributed by atoms with E-state index in [2.05, 4.69) is 20.7 Å². The van der Waals surface area contributed by atoms with Crippen LogP contribution in [-0.4, -0.2) is 39.9 Å². The zero-order valence-electron chi connectivity index (χ0n) is 9.97. The molecule has 0 aromatic heterocycles. The summed E-state index contributed by atoms with van der Waals surface area (Å²) in [5.74, 6) is 0. The van der Waals surface area contributed by atoms with Crippen molar-refractivity contribution in [2.45, 2.75) is 16.3 Å². The maximum atomic E-state index is 11.9. The van der Waals surface area contributed by atoms with Crippen molar-refractivity contribution in [2.24, 2.45) is 0 Å². The van der Waals surface area contributed by atoms with Gasteiger partial charge in [-0.05, 0) is 17.7 Å². The fraction of sp³-hybridized carbons (Fsp3) is 0.455. The predicted molar refractivity (Wildman–Crippen MR) is 72.1 cm³/mol. The molecule has 5 nitrogen and oxygen atoms in total. The molecule has 1 aromatic carbocycles. The van der Waals surface area contributed by atoms with Crippen molar-refractivity contribution in [3.63, 3.8) is 0 Å². The second-order valence-corrected chi connectivity index (χ2v) is 6.07. The van der Waals surface area contributed by atoms with Gasteiger partial charge in [-0.1, -0.05) is 28.1 Å². The van der Waals surface area contributed by atoms with Gasteiger partial charge in [0.2, 0.25) is 10.0 Å². The van der Waals surface area contributed by atoms with Crippen molar-refractivity contribution in [3.8, 4) is 0 Å². The number of aliphatic hydroxyl groups is 1. The van der Waals surface area contributed by atoms with Crippen molar-refractivity contribution in [1.82, 2.24) is 4.72 Å². The molecule has 0 fully saturated rings. The fourth-order valence-electron chi connectivity index (χ4n) is 1.30. The fourth-order valence-corrected chi connectivity index (χ4v) is 2.74. The summed E-state index contributed by atoms with van der Waals surface area (Å²) in [6.45, 7) is 0.0153. The predicted octanol–water partition coefficient (Wildman–Crippen LogP) is 0.867.